The maximum absolute atomic E-state index is 13.9. The fourth-order valence-electron chi connectivity index (χ4n) is 8.55. The first-order valence-electron chi connectivity index (χ1n) is 21.4. The van der Waals surface area contributed by atoms with Gasteiger partial charge in [-0.2, -0.15) is 0 Å². The number of hydrogen-bond acceptors (Lipinski definition) is 12. The van der Waals surface area contributed by atoms with Gasteiger partial charge in [0.15, 0.2) is 0 Å². The molecule has 63 heavy (non-hydrogen) atoms. The van der Waals surface area contributed by atoms with Crippen molar-refractivity contribution in [1.82, 2.24) is 24.5 Å². The lowest BCUT2D eigenvalue weighted by Gasteiger charge is -2.39. The number of nitro groups is 1. The SMILES string of the molecule is CC1(C)CCC(CN2CCN(c3ccc(C(=O)NS(=O)(=O)c4ccc(NCCCN5CCOCC5)c([N+](=O)[O-])c4)c(Oc4cnc5[nH]ccc5c4)c3)CC2)=C(c2ccc(Cl)cc2)C1. The minimum atomic E-state index is -4.56. The zero-order valence-corrected chi connectivity index (χ0v) is 37.1. The Morgan fingerprint density at radius 2 is 1.76 bits per heavy atom. The van der Waals surface area contributed by atoms with Crippen molar-refractivity contribution in [1.29, 1.82) is 0 Å². The van der Waals surface area contributed by atoms with E-state index < -0.39 is 31.4 Å². The number of anilines is 2. The minimum Gasteiger partial charge on any atom is -0.455 e. The number of H-pyrrole nitrogens is 1. The maximum Gasteiger partial charge on any atom is 0.293 e. The third-order valence-corrected chi connectivity index (χ3v) is 13.7. The first-order valence-corrected chi connectivity index (χ1v) is 23.3. The van der Waals surface area contributed by atoms with Gasteiger partial charge in [-0.25, -0.2) is 18.1 Å². The number of aromatic amines is 1. The molecule has 0 radical (unpaired) electrons. The van der Waals surface area contributed by atoms with Crippen molar-refractivity contribution in [2.45, 2.75) is 44.4 Å². The van der Waals surface area contributed by atoms with Gasteiger partial charge in [-0.05, 0) is 97.3 Å². The molecule has 0 bridgehead atoms. The highest BCUT2D eigenvalue weighted by molar-refractivity contribution is 7.90. The highest BCUT2D eigenvalue weighted by Crippen LogP contribution is 2.43. The summed E-state index contributed by atoms with van der Waals surface area (Å²) >= 11 is 6.24. The molecule has 0 spiro atoms. The molecule has 0 unspecified atom stereocenters. The van der Waals surface area contributed by atoms with Gasteiger partial charge in [0, 0.05) is 86.8 Å². The van der Waals surface area contributed by atoms with E-state index in [4.69, 9.17) is 21.1 Å². The van der Waals surface area contributed by atoms with E-state index in [2.05, 4.69) is 60.7 Å². The van der Waals surface area contributed by atoms with Crippen molar-refractivity contribution in [2.24, 2.45) is 5.41 Å². The largest absolute Gasteiger partial charge is 0.455 e. The standard InChI is InChI=1S/C46H53ClN8O7S/c1-46(2)14-12-34(40(29-46)32-4-6-35(47)7-5-32)31-53-18-20-54(21-19-53)36-8-10-39(43(27-36)62-37-26-33-13-16-49-44(33)50-30-37)45(56)51-63(59,60)38-9-11-41(42(28-38)55(57)58)48-15-3-17-52-22-24-61-25-23-52/h4-11,13,16,26-28,30,48H,3,12,14-15,17-25,29,31H2,1-2H3,(H,49,50)(H,51,56). The lowest BCUT2D eigenvalue weighted by atomic mass is 9.72. The summed E-state index contributed by atoms with van der Waals surface area (Å²) < 4.78 is 41.2. The quantitative estimate of drug-likeness (QED) is 0.0526. The molecule has 3 N–H and O–H groups in total. The lowest BCUT2D eigenvalue weighted by Crippen LogP contribution is -2.47. The molecule has 5 aromatic rings. The van der Waals surface area contributed by atoms with Crippen LogP contribution < -0.4 is 19.7 Å². The molecule has 3 aliphatic rings. The molecule has 2 saturated heterocycles. The summed E-state index contributed by atoms with van der Waals surface area (Å²) in [7, 11) is -4.56. The van der Waals surface area contributed by atoms with E-state index in [1.165, 1.54) is 35.0 Å². The number of allylic oxidation sites excluding steroid dienone is 1. The topological polar surface area (TPSA) is 175 Å². The molecule has 3 aromatic carbocycles. The number of rotatable bonds is 15. The van der Waals surface area contributed by atoms with Gasteiger partial charge in [-0.3, -0.25) is 24.7 Å². The number of aromatic nitrogens is 2. The average Bonchev–Trinajstić information content (AvgIpc) is 3.74. The molecule has 332 valence electrons. The van der Waals surface area contributed by atoms with Gasteiger partial charge in [-0.15, -0.1) is 0 Å². The van der Waals surface area contributed by atoms with Crippen molar-refractivity contribution in [3.8, 4) is 11.5 Å². The first kappa shape index (κ1) is 44.1. The summed E-state index contributed by atoms with van der Waals surface area (Å²) in [5.41, 5.74) is 5.53. The summed E-state index contributed by atoms with van der Waals surface area (Å²) in [6, 6.07) is 20.4. The Labute approximate surface area is 372 Å². The van der Waals surface area contributed by atoms with E-state index in [1.54, 1.807) is 30.5 Å². The Kier molecular flexibility index (Phi) is 13.3. The van der Waals surface area contributed by atoms with Crippen LogP contribution in [0.25, 0.3) is 16.6 Å². The van der Waals surface area contributed by atoms with E-state index in [9.17, 15) is 23.3 Å². The van der Waals surface area contributed by atoms with Crippen molar-refractivity contribution in [3.05, 3.63) is 117 Å². The second-order valence-corrected chi connectivity index (χ2v) is 19.3. The van der Waals surface area contributed by atoms with Crippen molar-refractivity contribution < 1.29 is 27.6 Å². The van der Waals surface area contributed by atoms with Crippen LogP contribution in [0.4, 0.5) is 17.1 Å². The highest BCUT2D eigenvalue weighted by atomic mass is 35.5. The summed E-state index contributed by atoms with van der Waals surface area (Å²) in [4.78, 5) is 39.4. The first-order chi connectivity index (χ1) is 30.3. The Morgan fingerprint density at radius 3 is 2.52 bits per heavy atom. The Bertz CT molecular complexity index is 2600. The molecule has 4 heterocycles. The third kappa shape index (κ3) is 10.8. The summed E-state index contributed by atoms with van der Waals surface area (Å²) in [5, 5.41) is 16.7. The van der Waals surface area contributed by atoms with Gasteiger partial charge >= 0.3 is 0 Å². The number of hydrogen-bond donors (Lipinski definition) is 3. The van der Waals surface area contributed by atoms with Gasteiger partial charge in [-0.1, -0.05) is 43.2 Å². The predicted molar refractivity (Wildman–Crippen MR) is 245 cm³/mol. The number of nitrogens with zero attached hydrogens (tertiary/aromatic N) is 5. The smallest absolute Gasteiger partial charge is 0.293 e. The molecular weight excluding hydrogens is 844 g/mol. The van der Waals surface area contributed by atoms with Crippen LogP contribution in [-0.4, -0.2) is 111 Å². The molecule has 2 fully saturated rings. The summed E-state index contributed by atoms with van der Waals surface area (Å²) in [6.45, 7) is 12.9. The number of fused-ring (bicyclic) bond motifs is 1. The molecule has 2 aromatic heterocycles. The van der Waals surface area contributed by atoms with E-state index in [-0.39, 0.29) is 22.4 Å². The fourth-order valence-corrected chi connectivity index (χ4v) is 9.66. The lowest BCUT2D eigenvalue weighted by molar-refractivity contribution is -0.384. The van der Waals surface area contributed by atoms with Crippen molar-refractivity contribution >= 4 is 61.2 Å². The maximum atomic E-state index is 13.9. The number of pyridine rings is 1. The molecule has 17 heteroatoms. The summed E-state index contributed by atoms with van der Waals surface area (Å²) in [6.07, 6.45) is 7.21. The van der Waals surface area contributed by atoms with Gasteiger partial charge in [0.05, 0.1) is 34.8 Å². The Hall–Kier alpha value is -5.52. The number of morpholine rings is 1. The predicted octanol–water partition coefficient (Wildman–Crippen LogP) is 7.96. The molecular formula is C46H53ClN8O7S. The van der Waals surface area contributed by atoms with E-state index in [1.807, 2.05) is 18.2 Å². The molecule has 0 atom stereocenters. The van der Waals surface area contributed by atoms with E-state index in [0.29, 0.717) is 31.2 Å². The van der Waals surface area contributed by atoms with E-state index in [0.717, 1.165) is 100 Å². The van der Waals surface area contributed by atoms with Crippen LogP contribution in [0.15, 0.2) is 95.7 Å². The molecule has 1 aliphatic carbocycles. The highest BCUT2D eigenvalue weighted by Gasteiger charge is 2.30. The number of sulfonamides is 1. The van der Waals surface area contributed by atoms with Crippen LogP contribution in [0.3, 0.4) is 0 Å². The van der Waals surface area contributed by atoms with Crippen molar-refractivity contribution in [2.75, 3.05) is 82.3 Å². The van der Waals surface area contributed by atoms with Gasteiger partial charge in [0.2, 0.25) is 0 Å². The number of amides is 1. The Morgan fingerprint density at radius 1 is 0.984 bits per heavy atom. The molecule has 2 aliphatic heterocycles. The second kappa shape index (κ2) is 19.1. The average molecular weight is 897 g/mol. The van der Waals surface area contributed by atoms with Crippen LogP contribution in [0.1, 0.15) is 55.5 Å². The van der Waals surface area contributed by atoms with Crippen molar-refractivity contribution in [3.63, 3.8) is 0 Å². The number of nitro benzene ring substituents is 1. The van der Waals surface area contributed by atoms with Crippen LogP contribution >= 0.6 is 11.6 Å². The van der Waals surface area contributed by atoms with E-state index >= 15 is 0 Å². The minimum absolute atomic E-state index is 0.0370. The fraction of sp³-hybridized carbons (Fsp3) is 0.391. The number of benzene rings is 3. The van der Waals surface area contributed by atoms with Crippen LogP contribution in [0.2, 0.25) is 5.02 Å². The summed E-state index contributed by atoms with van der Waals surface area (Å²) in [5.74, 6) is -0.472. The third-order valence-electron chi connectivity index (χ3n) is 12.1. The normalized spacial score (nSPS) is 17.5. The van der Waals surface area contributed by atoms with Gasteiger partial charge < -0.3 is 24.7 Å². The number of ether oxygens (including phenoxy) is 2. The van der Waals surface area contributed by atoms with Gasteiger partial charge in [0.1, 0.15) is 22.8 Å². The monoisotopic (exact) mass is 896 g/mol. The van der Waals surface area contributed by atoms with Crippen LogP contribution in [0, 0.1) is 15.5 Å². The molecule has 15 nitrogen and oxygen atoms in total. The number of carbonyl (C=O) groups excluding carboxylic acids is 1. The number of piperazine rings is 1. The second-order valence-electron chi connectivity index (χ2n) is 17.2. The number of nitrogens with one attached hydrogen (secondary N) is 3. The molecule has 0 saturated carbocycles. The molecule has 8 rings (SSSR count). The molecule has 1 amide bonds. The number of halogens is 1. The van der Waals surface area contributed by atoms with Crippen LogP contribution in [0.5, 0.6) is 11.5 Å². The Balaban J connectivity index is 0.980. The van der Waals surface area contributed by atoms with Crippen LogP contribution in [-0.2, 0) is 14.8 Å². The zero-order valence-electron chi connectivity index (χ0n) is 35.6. The number of carbonyl (C=O) groups is 1. The zero-order chi connectivity index (χ0) is 44.1. The van der Waals surface area contributed by atoms with Gasteiger partial charge in [0.25, 0.3) is 21.6 Å².